The van der Waals surface area contributed by atoms with Gasteiger partial charge in [-0.1, -0.05) is 0 Å². The minimum absolute atomic E-state index is 0.00715. The highest BCUT2D eigenvalue weighted by molar-refractivity contribution is 5.80. The predicted octanol–water partition coefficient (Wildman–Crippen LogP) is 0.977. The number of hydrogen-bond donors (Lipinski definition) is 3. The molecule has 1 aliphatic carbocycles. The number of carbonyl (C=O) groups excluding carboxylic acids is 2. The van der Waals surface area contributed by atoms with E-state index in [0.717, 1.165) is 42.5 Å². The SMILES string of the molecule is Cn1cc(-c2cnn3c(N)cc(C4CCC(C(=O)NCCC(N)=O)CC4)nc23)cn1. The molecule has 3 aromatic heterocycles. The minimum atomic E-state index is -0.413. The largest absolute Gasteiger partial charge is 0.384 e. The fourth-order valence-corrected chi connectivity index (χ4v) is 4.08. The molecule has 0 aromatic carbocycles. The summed E-state index contributed by atoms with van der Waals surface area (Å²) in [6, 6.07) is 1.88. The van der Waals surface area contributed by atoms with Crippen LogP contribution in [0.2, 0.25) is 0 Å². The molecule has 0 radical (unpaired) electrons. The maximum atomic E-state index is 12.3. The molecule has 3 aromatic rings. The van der Waals surface area contributed by atoms with Crippen LogP contribution in [0.5, 0.6) is 0 Å². The van der Waals surface area contributed by atoms with Gasteiger partial charge in [0, 0.05) is 60.9 Å². The van der Waals surface area contributed by atoms with Gasteiger partial charge in [0.05, 0.1) is 12.4 Å². The van der Waals surface area contributed by atoms with Crippen LogP contribution in [-0.2, 0) is 16.6 Å². The van der Waals surface area contributed by atoms with Crippen LogP contribution in [0.25, 0.3) is 16.8 Å². The molecule has 0 saturated heterocycles. The average molecular weight is 410 g/mol. The second-order valence-corrected chi connectivity index (χ2v) is 7.86. The molecule has 1 aliphatic rings. The van der Waals surface area contributed by atoms with Gasteiger partial charge in [-0.3, -0.25) is 14.3 Å². The summed E-state index contributed by atoms with van der Waals surface area (Å²) in [4.78, 5) is 28.0. The molecule has 1 fully saturated rings. The van der Waals surface area contributed by atoms with Crippen molar-refractivity contribution in [1.82, 2.24) is 29.7 Å². The quantitative estimate of drug-likeness (QED) is 0.552. The van der Waals surface area contributed by atoms with Gasteiger partial charge in [0.25, 0.3) is 0 Å². The van der Waals surface area contributed by atoms with Gasteiger partial charge in [0.15, 0.2) is 5.65 Å². The van der Waals surface area contributed by atoms with Crippen LogP contribution < -0.4 is 16.8 Å². The maximum Gasteiger partial charge on any atom is 0.223 e. The van der Waals surface area contributed by atoms with E-state index in [1.807, 2.05) is 19.3 Å². The standard InChI is InChI=1S/C20H26N8O2/c1-27-11-14(9-24-27)15-10-25-28-17(21)8-16(26-19(15)28)12-2-4-13(5-3-12)20(30)23-7-6-18(22)29/h8-13H,2-7,21H2,1H3,(H2,22,29)(H,23,30). The normalized spacial score (nSPS) is 19.1. The summed E-state index contributed by atoms with van der Waals surface area (Å²) < 4.78 is 3.38. The Kier molecular flexibility index (Phi) is 5.39. The van der Waals surface area contributed by atoms with E-state index in [1.54, 1.807) is 21.6 Å². The van der Waals surface area contributed by atoms with Crippen molar-refractivity contribution in [1.29, 1.82) is 0 Å². The Morgan fingerprint density at radius 3 is 2.63 bits per heavy atom. The summed E-state index contributed by atoms with van der Waals surface area (Å²) in [7, 11) is 1.87. The van der Waals surface area contributed by atoms with Crippen molar-refractivity contribution in [3.8, 4) is 11.1 Å². The van der Waals surface area contributed by atoms with Crippen molar-refractivity contribution in [2.24, 2.45) is 18.7 Å². The lowest BCUT2D eigenvalue weighted by Crippen LogP contribution is -2.35. The molecule has 3 heterocycles. The van der Waals surface area contributed by atoms with Gasteiger partial charge >= 0.3 is 0 Å². The first-order valence-corrected chi connectivity index (χ1v) is 10.1. The molecule has 0 bridgehead atoms. The van der Waals surface area contributed by atoms with Gasteiger partial charge in [-0.2, -0.15) is 14.7 Å². The number of aryl methyl sites for hydroxylation is 1. The predicted molar refractivity (Wildman–Crippen MR) is 111 cm³/mol. The molecule has 0 atom stereocenters. The number of amides is 2. The monoisotopic (exact) mass is 410 g/mol. The third-order valence-electron chi connectivity index (χ3n) is 5.72. The summed E-state index contributed by atoms with van der Waals surface area (Å²) in [5.74, 6) is 0.312. The number of nitrogen functional groups attached to an aromatic ring is 1. The third-order valence-corrected chi connectivity index (χ3v) is 5.72. The van der Waals surface area contributed by atoms with Crippen molar-refractivity contribution in [3.63, 3.8) is 0 Å². The summed E-state index contributed by atoms with van der Waals surface area (Å²) in [6.07, 6.45) is 8.87. The number of hydrogen-bond acceptors (Lipinski definition) is 6. The molecule has 158 valence electrons. The number of rotatable bonds is 6. The zero-order valence-corrected chi connectivity index (χ0v) is 16.9. The third kappa shape index (κ3) is 3.98. The molecule has 0 aliphatic heterocycles. The van der Waals surface area contributed by atoms with E-state index in [-0.39, 0.29) is 24.2 Å². The number of aromatic nitrogens is 5. The molecule has 5 N–H and O–H groups in total. The molecule has 0 spiro atoms. The molecule has 2 amide bonds. The minimum Gasteiger partial charge on any atom is -0.384 e. The van der Waals surface area contributed by atoms with Crippen LogP contribution >= 0.6 is 0 Å². The topological polar surface area (TPSA) is 146 Å². The number of carbonyl (C=O) groups is 2. The second kappa shape index (κ2) is 8.13. The van der Waals surface area contributed by atoms with Crippen LogP contribution in [0.15, 0.2) is 24.7 Å². The van der Waals surface area contributed by atoms with Crippen LogP contribution in [0.3, 0.4) is 0 Å². The van der Waals surface area contributed by atoms with Gasteiger partial charge < -0.3 is 16.8 Å². The number of nitrogens with zero attached hydrogens (tertiary/aromatic N) is 5. The lowest BCUT2D eigenvalue weighted by atomic mass is 9.80. The van der Waals surface area contributed by atoms with E-state index in [4.69, 9.17) is 16.5 Å². The van der Waals surface area contributed by atoms with Gasteiger partial charge in [0.1, 0.15) is 5.82 Å². The number of nitrogens with one attached hydrogen (secondary N) is 1. The summed E-state index contributed by atoms with van der Waals surface area (Å²) in [5, 5.41) is 11.4. The van der Waals surface area contributed by atoms with Gasteiger partial charge in [0.2, 0.25) is 11.8 Å². The highest BCUT2D eigenvalue weighted by atomic mass is 16.2. The van der Waals surface area contributed by atoms with E-state index < -0.39 is 5.91 Å². The summed E-state index contributed by atoms with van der Waals surface area (Å²) in [5.41, 5.74) is 14.8. The molecule has 10 nitrogen and oxygen atoms in total. The molecule has 4 rings (SSSR count). The van der Waals surface area contributed by atoms with E-state index in [9.17, 15) is 9.59 Å². The van der Waals surface area contributed by atoms with E-state index in [2.05, 4.69) is 15.5 Å². The Balaban J connectivity index is 1.48. The Hall–Kier alpha value is -3.43. The molecule has 30 heavy (non-hydrogen) atoms. The lowest BCUT2D eigenvalue weighted by Gasteiger charge is -2.27. The van der Waals surface area contributed by atoms with Crippen LogP contribution in [0, 0.1) is 5.92 Å². The number of nitrogens with two attached hydrogens (primary N) is 2. The summed E-state index contributed by atoms with van der Waals surface area (Å²) in [6.45, 7) is 0.293. The fourth-order valence-electron chi connectivity index (χ4n) is 4.08. The highest BCUT2D eigenvalue weighted by Gasteiger charge is 2.28. The number of fused-ring (bicyclic) bond motifs is 1. The van der Waals surface area contributed by atoms with Crippen LogP contribution in [0.4, 0.5) is 5.82 Å². The Labute approximate surface area is 173 Å². The highest BCUT2D eigenvalue weighted by Crippen LogP contribution is 2.36. The Bertz CT molecular complexity index is 1080. The Morgan fingerprint density at radius 1 is 1.20 bits per heavy atom. The van der Waals surface area contributed by atoms with Crippen molar-refractivity contribution in [2.45, 2.75) is 38.0 Å². The van der Waals surface area contributed by atoms with Crippen molar-refractivity contribution in [2.75, 3.05) is 12.3 Å². The zero-order valence-electron chi connectivity index (χ0n) is 16.9. The lowest BCUT2D eigenvalue weighted by molar-refractivity contribution is -0.126. The first kappa shape index (κ1) is 19.9. The molecule has 0 unspecified atom stereocenters. The molecule has 10 heteroatoms. The van der Waals surface area contributed by atoms with Crippen molar-refractivity contribution in [3.05, 3.63) is 30.4 Å². The van der Waals surface area contributed by atoms with Gasteiger partial charge in [-0.15, -0.1) is 0 Å². The van der Waals surface area contributed by atoms with E-state index in [1.165, 1.54) is 0 Å². The number of primary amides is 1. The van der Waals surface area contributed by atoms with Crippen molar-refractivity contribution >= 4 is 23.3 Å². The van der Waals surface area contributed by atoms with Crippen LogP contribution in [-0.4, -0.2) is 42.7 Å². The maximum absolute atomic E-state index is 12.3. The second-order valence-electron chi connectivity index (χ2n) is 7.86. The van der Waals surface area contributed by atoms with Crippen molar-refractivity contribution < 1.29 is 9.59 Å². The average Bonchev–Trinajstić information content (AvgIpc) is 3.34. The molecular weight excluding hydrogens is 384 g/mol. The van der Waals surface area contributed by atoms with Gasteiger partial charge in [-0.05, 0) is 25.7 Å². The van der Waals surface area contributed by atoms with Crippen LogP contribution in [0.1, 0.15) is 43.7 Å². The smallest absolute Gasteiger partial charge is 0.223 e. The Morgan fingerprint density at radius 2 is 1.97 bits per heavy atom. The zero-order chi connectivity index (χ0) is 21.3. The summed E-state index contributed by atoms with van der Waals surface area (Å²) >= 11 is 0. The fraction of sp³-hybridized carbons (Fsp3) is 0.450. The molecule has 1 saturated carbocycles. The molecular formula is C20H26N8O2. The van der Waals surface area contributed by atoms with E-state index in [0.29, 0.717) is 18.0 Å². The van der Waals surface area contributed by atoms with E-state index >= 15 is 0 Å². The van der Waals surface area contributed by atoms with Gasteiger partial charge in [-0.25, -0.2) is 4.98 Å². The first-order chi connectivity index (χ1) is 14.4. The first-order valence-electron chi connectivity index (χ1n) is 10.1. The number of anilines is 1.